The zero-order valence-electron chi connectivity index (χ0n) is 11.0. The van der Waals surface area contributed by atoms with Crippen LogP contribution < -0.4 is 5.56 Å². The standard InChI is InChI=1S/C14H13FN2O3/c1-8(2)12-7-11(14(19)20)13(18)17(16-12)10-5-3-9(15)4-6-10/h3-8H,1-2H3,(H,19,20). The molecule has 0 unspecified atom stereocenters. The van der Waals surface area contributed by atoms with Crippen molar-refractivity contribution >= 4 is 5.97 Å². The van der Waals surface area contributed by atoms with Crippen LogP contribution in [0.3, 0.4) is 0 Å². The van der Waals surface area contributed by atoms with Gasteiger partial charge in [0.05, 0.1) is 11.4 Å². The number of halogens is 1. The molecule has 0 spiro atoms. The van der Waals surface area contributed by atoms with Gasteiger partial charge in [0.25, 0.3) is 5.56 Å². The predicted octanol–water partition coefficient (Wildman–Crippen LogP) is 2.19. The fourth-order valence-electron chi connectivity index (χ4n) is 1.71. The first-order valence-corrected chi connectivity index (χ1v) is 6.03. The summed E-state index contributed by atoms with van der Waals surface area (Å²) < 4.78 is 13.9. The van der Waals surface area contributed by atoms with E-state index in [-0.39, 0.29) is 11.5 Å². The Balaban J connectivity index is 2.71. The Morgan fingerprint density at radius 2 is 1.90 bits per heavy atom. The van der Waals surface area contributed by atoms with E-state index in [1.54, 1.807) is 0 Å². The van der Waals surface area contributed by atoms with Gasteiger partial charge in [-0.25, -0.2) is 9.18 Å². The molecule has 104 valence electrons. The second-order valence-electron chi connectivity index (χ2n) is 4.64. The number of nitrogens with zero attached hydrogens (tertiary/aromatic N) is 2. The lowest BCUT2D eigenvalue weighted by atomic mass is 10.1. The Hall–Kier alpha value is -2.50. The largest absolute Gasteiger partial charge is 0.477 e. The smallest absolute Gasteiger partial charge is 0.341 e. The van der Waals surface area contributed by atoms with Gasteiger partial charge in [0.2, 0.25) is 0 Å². The third-order valence-electron chi connectivity index (χ3n) is 2.82. The Bertz CT molecular complexity index is 705. The van der Waals surface area contributed by atoms with Crippen molar-refractivity contribution in [2.45, 2.75) is 19.8 Å². The van der Waals surface area contributed by atoms with E-state index in [1.807, 2.05) is 13.8 Å². The quantitative estimate of drug-likeness (QED) is 0.932. The molecular formula is C14H13FN2O3. The molecule has 0 aliphatic rings. The molecule has 2 aromatic rings. The summed E-state index contributed by atoms with van der Waals surface area (Å²) in [4.78, 5) is 23.2. The fraction of sp³-hybridized carbons (Fsp3) is 0.214. The SMILES string of the molecule is CC(C)c1cc(C(=O)O)c(=O)n(-c2ccc(F)cc2)n1. The summed E-state index contributed by atoms with van der Waals surface area (Å²) >= 11 is 0. The summed E-state index contributed by atoms with van der Waals surface area (Å²) in [6.07, 6.45) is 0. The van der Waals surface area contributed by atoms with Gasteiger partial charge in [0.15, 0.2) is 0 Å². The molecule has 1 aromatic carbocycles. The summed E-state index contributed by atoms with van der Waals surface area (Å²) in [5, 5.41) is 13.2. The van der Waals surface area contributed by atoms with Crippen LogP contribution >= 0.6 is 0 Å². The van der Waals surface area contributed by atoms with Crippen molar-refractivity contribution in [1.29, 1.82) is 0 Å². The monoisotopic (exact) mass is 276 g/mol. The maximum Gasteiger partial charge on any atom is 0.341 e. The van der Waals surface area contributed by atoms with E-state index in [0.29, 0.717) is 11.4 Å². The molecule has 0 aliphatic heterocycles. The molecule has 2 rings (SSSR count). The summed E-state index contributed by atoms with van der Waals surface area (Å²) in [5.74, 6) is -1.80. The maximum atomic E-state index is 12.9. The molecule has 0 amide bonds. The topological polar surface area (TPSA) is 72.2 Å². The Kier molecular flexibility index (Phi) is 3.65. The van der Waals surface area contributed by atoms with E-state index in [2.05, 4.69) is 5.10 Å². The van der Waals surface area contributed by atoms with Crippen LogP contribution in [0.25, 0.3) is 5.69 Å². The van der Waals surface area contributed by atoms with E-state index < -0.39 is 17.3 Å². The molecular weight excluding hydrogens is 263 g/mol. The molecule has 0 saturated carbocycles. The molecule has 20 heavy (non-hydrogen) atoms. The van der Waals surface area contributed by atoms with E-state index in [1.165, 1.54) is 30.3 Å². The zero-order valence-corrected chi connectivity index (χ0v) is 11.0. The molecule has 0 aliphatic carbocycles. The summed E-state index contributed by atoms with van der Waals surface area (Å²) in [5.41, 5.74) is -0.297. The molecule has 1 aromatic heterocycles. The third-order valence-corrected chi connectivity index (χ3v) is 2.82. The van der Waals surface area contributed by atoms with Crippen LogP contribution in [0.15, 0.2) is 35.1 Å². The van der Waals surface area contributed by atoms with Crippen molar-refractivity contribution in [2.75, 3.05) is 0 Å². The molecule has 0 atom stereocenters. The molecule has 6 heteroatoms. The maximum absolute atomic E-state index is 12.9. The van der Waals surface area contributed by atoms with Crippen molar-refractivity contribution < 1.29 is 14.3 Å². The first-order valence-electron chi connectivity index (χ1n) is 6.03. The highest BCUT2D eigenvalue weighted by molar-refractivity contribution is 5.87. The zero-order chi connectivity index (χ0) is 14.9. The summed E-state index contributed by atoms with van der Waals surface area (Å²) in [6.45, 7) is 3.68. The van der Waals surface area contributed by atoms with Crippen molar-refractivity contribution in [3.05, 3.63) is 57.8 Å². The van der Waals surface area contributed by atoms with Crippen molar-refractivity contribution in [2.24, 2.45) is 0 Å². The predicted molar refractivity (Wildman–Crippen MR) is 70.8 cm³/mol. The lowest BCUT2D eigenvalue weighted by molar-refractivity contribution is 0.0694. The Morgan fingerprint density at radius 1 is 1.30 bits per heavy atom. The van der Waals surface area contributed by atoms with E-state index in [4.69, 9.17) is 5.11 Å². The van der Waals surface area contributed by atoms with Gasteiger partial charge < -0.3 is 5.11 Å². The number of carboxylic acids is 1. The molecule has 0 fully saturated rings. The second-order valence-corrected chi connectivity index (χ2v) is 4.64. The minimum Gasteiger partial charge on any atom is -0.477 e. The van der Waals surface area contributed by atoms with Gasteiger partial charge >= 0.3 is 5.97 Å². The molecule has 5 nitrogen and oxygen atoms in total. The summed E-state index contributed by atoms with van der Waals surface area (Å²) in [6, 6.07) is 6.40. The van der Waals surface area contributed by atoms with Crippen LogP contribution in [-0.4, -0.2) is 20.9 Å². The van der Waals surface area contributed by atoms with Crippen LogP contribution in [0.2, 0.25) is 0 Å². The highest BCUT2D eigenvalue weighted by atomic mass is 19.1. The van der Waals surface area contributed by atoms with Gasteiger partial charge in [-0.2, -0.15) is 9.78 Å². The fourth-order valence-corrected chi connectivity index (χ4v) is 1.71. The molecule has 0 radical (unpaired) electrons. The normalized spacial score (nSPS) is 10.8. The van der Waals surface area contributed by atoms with Gasteiger partial charge in [-0.1, -0.05) is 13.8 Å². The second kappa shape index (κ2) is 5.24. The van der Waals surface area contributed by atoms with Crippen LogP contribution in [0.4, 0.5) is 4.39 Å². The number of aromatic carboxylic acids is 1. The van der Waals surface area contributed by atoms with Gasteiger partial charge in [0, 0.05) is 0 Å². The number of benzene rings is 1. The van der Waals surface area contributed by atoms with Crippen LogP contribution in [0.1, 0.15) is 35.8 Å². The number of rotatable bonds is 3. The van der Waals surface area contributed by atoms with Crippen molar-refractivity contribution in [1.82, 2.24) is 9.78 Å². The molecule has 1 N–H and O–H groups in total. The van der Waals surface area contributed by atoms with Gasteiger partial charge in [-0.3, -0.25) is 4.79 Å². The van der Waals surface area contributed by atoms with Crippen molar-refractivity contribution in [3.8, 4) is 5.69 Å². The highest BCUT2D eigenvalue weighted by Gasteiger charge is 2.16. The number of carboxylic acid groups (broad SMARTS) is 1. The molecule has 0 bridgehead atoms. The van der Waals surface area contributed by atoms with Crippen LogP contribution in [0, 0.1) is 5.82 Å². The molecule has 0 saturated heterocycles. The number of hydrogen-bond donors (Lipinski definition) is 1. The lowest BCUT2D eigenvalue weighted by Gasteiger charge is -2.10. The Morgan fingerprint density at radius 3 is 2.40 bits per heavy atom. The van der Waals surface area contributed by atoms with Gasteiger partial charge in [-0.15, -0.1) is 0 Å². The number of hydrogen-bond acceptors (Lipinski definition) is 3. The first-order chi connectivity index (χ1) is 9.40. The average Bonchev–Trinajstić information content (AvgIpc) is 2.39. The van der Waals surface area contributed by atoms with Gasteiger partial charge in [0.1, 0.15) is 11.4 Å². The van der Waals surface area contributed by atoms with Gasteiger partial charge in [-0.05, 0) is 36.2 Å². The first kappa shape index (κ1) is 13.9. The van der Waals surface area contributed by atoms with E-state index in [0.717, 1.165) is 4.68 Å². The highest BCUT2D eigenvalue weighted by Crippen LogP contribution is 2.13. The van der Waals surface area contributed by atoms with Crippen molar-refractivity contribution in [3.63, 3.8) is 0 Å². The minimum absolute atomic E-state index is 0.0413. The molecule has 1 heterocycles. The van der Waals surface area contributed by atoms with E-state index in [9.17, 15) is 14.0 Å². The van der Waals surface area contributed by atoms with Crippen LogP contribution in [0.5, 0.6) is 0 Å². The third kappa shape index (κ3) is 2.59. The lowest BCUT2D eigenvalue weighted by Crippen LogP contribution is -2.28. The summed E-state index contributed by atoms with van der Waals surface area (Å²) in [7, 11) is 0. The Labute approximate surface area is 114 Å². The number of aromatic nitrogens is 2. The minimum atomic E-state index is -1.31. The van der Waals surface area contributed by atoms with E-state index >= 15 is 0 Å². The van der Waals surface area contributed by atoms with Crippen LogP contribution in [-0.2, 0) is 0 Å². The average molecular weight is 276 g/mol. The number of carbonyl (C=O) groups is 1.